The molecule has 26 heavy (non-hydrogen) atoms. The number of anilines is 2. The normalized spacial score (nSPS) is 16.8. The monoisotopic (exact) mass is 350 g/mol. The number of benzene rings is 2. The van der Waals surface area contributed by atoms with Crippen LogP contribution in [0.15, 0.2) is 42.5 Å². The van der Waals surface area contributed by atoms with Crippen LogP contribution >= 0.6 is 0 Å². The number of rotatable bonds is 5. The van der Waals surface area contributed by atoms with Crippen molar-refractivity contribution in [3.05, 3.63) is 59.2 Å². The fourth-order valence-corrected chi connectivity index (χ4v) is 3.68. The van der Waals surface area contributed by atoms with Crippen LogP contribution in [0.1, 0.15) is 37.0 Å². The maximum Gasteiger partial charge on any atom is 0.229 e. The third-order valence-electron chi connectivity index (χ3n) is 5.12. The molecule has 2 amide bonds. The highest BCUT2D eigenvalue weighted by atomic mass is 16.2. The van der Waals surface area contributed by atoms with Crippen LogP contribution in [-0.4, -0.2) is 18.4 Å². The van der Waals surface area contributed by atoms with E-state index in [4.69, 9.17) is 0 Å². The summed E-state index contributed by atoms with van der Waals surface area (Å²) >= 11 is 0. The van der Waals surface area contributed by atoms with Gasteiger partial charge in [0.25, 0.3) is 0 Å². The third-order valence-corrected chi connectivity index (χ3v) is 5.12. The third kappa shape index (κ3) is 3.50. The zero-order valence-corrected chi connectivity index (χ0v) is 15.7. The van der Waals surface area contributed by atoms with Gasteiger partial charge in [0.2, 0.25) is 11.8 Å². The van der Waals surface area contributed by atoms with E-state index in [2.05, 4.69) is 25.2 Å². The first-order valence-corrected chi connectivity index (χ1v) is 9.32. The van der Waals surface area contributed by atoms with Crippen LogP contribution < -0.4 is 10.2 Å². The Morgan fingerprint density at radius 3 is 2.50 bits per heavy atom. The van der Waals surface area contributed by atoms with Gasteiger partial charge in [0, 0.05) is 24.3 Å². The Kier molecular flexibility index (Phi) is 5.40. The molecule has 1 saturated heterocycles. The summed E-state index contributed by atoms with van der Waals surface area (Å²) in [6, 6.07) is 13.9. The molecule has 1 atom stereocenters. The zero-order valence-electron chi connectivity index (χ0n) is 15.7. The summed E-state index contributed by atoms with van der Waals surface area (Å²) in [6.07, 6.45) is 1.98. The van der Waals surface area contributed by atoms with Gasteiger partial charge in [-0.05, 0) is 42.5 Å². The van der Waals surface area contributed by atoms with Crippen molar-refractivity contribution in [2.45, 2.75) is 40.0 Å². The van der Waals surface area contributed by atoms with Gasteiger partial charge >= 0.3 is 0 Å². The van der Waals surface area contributed by atoms with Crippen LogP contribution in [0.5, 0.6) is 0 Å². The lowest BCUT2D eigenvalue weighted by Gasteiger charge is -2.22. The van der Waals surface area contributed by atoms with Crippen molar-refractivity contribution >= 4 is 23.2 Å². The lowest BCUT2D eigenvalue weighted by Crippen LogP contribution is -2.29. The van der Waals surface area contributed by atoms with Gasteiger partial charge in [-0.2, -0.15) is 0 Å². The quantitative estimate of drug-likeness (QED) is 0.882. The molecule has 0 radical (unpaired) electrons. The van der Waals surface area contributed by atoms with Crippen LogP contribution in [0.3, 0.4) is 0 Å². The molecule has 1 aliphatic heterocycles. The van der Waals surface area contributed by atoms with Gasteiger partial charge in [-0.3, -0.25) is 9.59 Å². The van der Waals surface area contributed by atoms with Crippen molar-refractivity contribution in [2.24, 2.45) is 5.92 Å². The number of carbonyl (C=O) groups is 2. The van der Waals surface area contributed by atoms with Gasteiger partial charge in [0.1, 0.15) is 0 Å². The first kappa shape index (κ1) is 18.2. The average Bonchev–Trinajstić information content (AvgIpc) is 3.03. The highest BCUT2D eigenvalue weighted by Gasteiger charge is 2.36. The summed E-state index contributed by atoms with van der Waals surface area (Å²) in [5.41, 5.74) is 5.15. The minimum atomic E-state index is -0.322. The van der Waals surface area contributed by atoms with Crippen LogP contribution in [0.25, 0.3) is 0 Å². The van der Waals surface area contributed by atoms with Gasteiger partial charge in [0.05, 0.1) is 5.92 Å². The Morgan fingerprint density at radius 1 is 1.08 bits per heavy atom. The Bertz CT molecular complexity index is 829. The number of para-hydroxylation sites is 2. The second kappa shape index (κ2) is 7.73. The predicted molar refractivity (Wildman–Crippen MR) is 105 cm³/mol. The Labute approximate surface area is 155 Å². The summed E-state index contributed by atoms with van der Waals surface area (Å²) in [5, 5.41) is 3.02. The second-order valence-corrected chi connectivity index (χ2v) is 6.84. The average molecular weight is 350 g/mol. The number of hydrogen-bond acceptors (Lipinski definition) is 2. The Balaban J connectivity index is 1.79. The molecule has 4 nitrogen and oxygen atoms in total. The molecule has 4 heteroatoms. The van der Waals surface area contributed by atoms with E-state index < -0.39 is 0 Å². The van der Waals surface area contributed by atoms with Gasteiger partial charge in [0.15, 0.2) is 0 Å². The highest BCUT2D eigenvalue weighted by molar-refractivity contribution is 6.04. The second-order valence-electron chi connectivity index (χ2n) is 6.84. The molecule has 1 fully saturated rings. The summed E-state index contributed by atoms with van der Waals surface area (Å²) in [7, 11) is 0. The predicted octanol–water partition coefficient (Wildman–Crippen LogP) is 4.11. The molecule has 136 valence electrons. The summed E-state index contributed by atoms with van der Waals surface area (Å²) in [4.78, 5) is 27.2. The fraction of sp³-hybridized carbons (Fsp3) is 0.364. The number of hydrogen-bond donors (Lipinski definition) is 1. The SMILES string of the molecule is CCc1ccccc1NC(=O)C1CC(=O)N(c2c(C)cccc2CC)C1. The van der Waals surface area contributed by atoms with Crippen molar-refractivity contribution in [2.75, 3.05) is 16.8 Å². The molecule has 0 spiro atoms. The minimum absolute atomic E-state index is 0.0259. The number of nitrogens with zero attached hydrogens (tertiary/aromatic N) is 1. The summed E-state index contributed by atoms with van der Waals surface area (Å²) < 4.78 is 0. The number of carbonyl (C=O) groups excluding carboxylic acids is 2. The maximum atomic E-state index is 12.8. The largest absolute Gasteiger partial charge is 0.326 e. The van der Waals surface area contributed by atoms with Crippen molar-refractivity contribution in [1.29, 1.82) is 0 Å². The van der Waals surface area contributed by atoms with Crippen molar-refractivity contribution < 1.29 is 9.59 Å². The van der Waals surface area contributed by atoms with Crippen LogP contribution in [0.4, 0.5) is 11.4 Å². The number of aryl methyl sites for hydroxylation is 3. The van der Waals surface area contributed by atoms with E-state index in [0.717, 1.165) is 40.9 Å². The number of amides is 2. The molecule has 0 aliphatic carbocycles. The van der Waals surface area contributed by atoms with Gasteiger partial charge < -0.3 is 10.2 Å². The molecule has 0 saturated carbocycles. The van der Waals surface area contributed by atoms with Crippen LogP contribution in [-0.2, 0) is 22.4 Å². The van der Waals surface area contributed by atoms with E-state index in [0.29, 0.717) is 6.54 Å². The van der Waals surface area contributed by atoms with Crippen molar-refractivity contribution in [1.82, 2.24) is 0 Å². The molecule has 1 unspecified atom stereocenters. The smallest absolute Gasteiger partial charge is 0.229 e. The van der Waals surface area contributed by atoms with Gasteiger partial charge in [-0.1, -0.05) is 50.2 Å². The minimum Gasteiger partial charge on any atom is -0.326 e. The fourth-order valence-electron chi connectivity index (χ4n) is 3.68. The number of nitrogens with one attached hydrogen (secondary N) is 1. The van der Waals surface area contributed by atoms with E-state index in [9.17, 15) is 9.59 Å². The summed E-state index contributed by atoms with van der Waals surface area (Å²) in [6.45, 7) is 6.62. The first-order chi connectivity index (χ1) is 12.5. The van der Waals surface area contributed by atoms with Crippen LogP contribution in [0.2, 0.25) is 0 Å². The molecule has 1 aliphatic rings. The molecule has 1 heterocycles. The van der Waals surface area contributed by atoms with E-state index >= 15 is 0 Å². The topological polar surface area (TPSA) is 49.4 Å². The summed E-state index contributed by atoms with van der Waals surface area (Å²) in [5.74, 6) is -0.372. The molecule has 1 N–H and O–H groups in total. The van der Waals surface area contributed by atoms with Crippen molar-refractivity contribution in [3.63, 3.8) is 0 Å². The van der Waals surface area contributed by atoms with Crippen LogP contribution in [0, 0.1) is 12.8 Å². The Morgan fingerprint density at radius 2 is 1.77 bits per heavy atom. The van der Waals surface area contributed by atoms with E-state index in [1.54, 1.807) is 4.90 Å². The van der Waals surface area contributed by atoms with Gasteiger partial charge in [-0.15, -0.1) is 0 Å². The van der Waals surface area contributed by atoms with Crippen molar-refractivity contribution in [3.8, 4) is 0 Å². The Hall–Kier alpha value is -2.62. The molecule has 0 bridgehead atoms. The van der Waals surface area contributed by atoms with E-state index in [1.165, 1.54) is 0 Å². The molecule has 2 aromatic rings. The molecular weight excluding hydrogens is 324 g/mol. The molecule has 3 rings (SSSR count). The maximum absolute atomic E-state index is 12.8. The molecule has 2 aromatic carbocycles. The lowest BCUT2D eigenvalue weighted by atomic mass is 10.0. The van der Waals surface area contributed by atoms with E-state index in [1.807, 2.05) is 43.3 Å². The lowest BCUT2D eigenvalue weighted by molar-refractivity contribution is -0.122. The highest BCUT2D eigenvalue weighted by Crippen LogP contribution is 2.32. The molecular formula is C22H26N2O2. The molecule has 0 aromatic heterocycles. The van der Waals surface area contributed by atoms with Gasteiger partial charge in [-0.25, -0.2) is 0 Å². The zero-order chi connectivity index (χ0) is 18.7. The van der Waals surface area contributed by atoms with E-state index in [-0.39, 0.29) is 24.2 Å². The first-order valence-electron chi connectivity index (χ1n) is 9.32. The standard InChI is InChI=1S/C22H26N2O2/c1-4-16-10-6-7-12-19(16)23-22(26)18-13-20(25)24(14-18)21-15(3)9-8-11-17(21)5-2/h6-12,18H,4-5,13-14H2,1-3H3,(H,23,26).